The lowest BCUT2D eigenvalue weighted by Gasteiger charge is -2.34. The van der Waals surface area contributed by atoms with Gasteiger partial charge in [-0.05, 0) is 12.1 Å². The third-order valence-corrected chi connectivity index (χ3v) is 3.97. The largest absolute Gasteiger partial charge is 0.348 e. The number of likely N-dealkylation sites (N-methyl/N-ethyl adjacent to an activating group) is 1. The Hall–Kier alpha value is -2.45. The van der Waals surface area contributed by atoms with Gasteiger partial charge in [0.25, 0.3) is 0 Å². The lowest BCUT2D eigenvalue weighted by molar-refractivity contribution is -0.130. The maximum absolute atomic E-state index is 12.0. The van der Waals surface area contributed by atoms with Crippen molar-refractivity contribution < 1.29 is 14.4 Å². The zero-order chi connectivity index (χ0) is 18.2. The van der Waals surface area contributed by atoms with Crippen LogP contribution in [0.25, 0.3) is 0 Å². The molecule has 0 unspecified atom stereocenters. The Morgan fingerprint density at radius 2 is 1.52 bits per heavy atom. The minimum atomic E-state index is -0.536. The lowest BCUT2D eigenvalue weighted by Crippen LogP contribution is -2.52. The van der Waals surface area contributed by atoms with Crippen LogP contribution < -0.4 is 10.6 Å². The number of hydrogen-bond donors (Lipinski definition) is 2. The van der Waals surface area contributed by atoms with Crippen molar-refractivity contribution in [1.82, 2.24) is 20.0 Å². The van der Waals surface area contributed by atoms with E-state index in [1.165, 1.54) is 0 Å². The van der Waals surface area contributed by atoms with E-state index < -0.39 is 6.03 Å². The molecule has 0 bridgehead atoms. The number of amides is 4. The van der Waals surface area contributed by atoms with Gasteiger partial charge in [0.15, 0.2) is 0 Å². The van der Waals surface area contributed by atoms with Crippen LogP contribution in [0.3, 0.4) is 0 Å². The maximum atomic E-state index is 12.0. The lowest BCUT2D eigenvalue weighted by atomic mass is 10.3. The van der Waals surface area contributed by atoms with Crippen LogP contribution in [0.4, 0.5) is 10.5 Å². The molecule has 8 heteroatoms. The molecule has 1 saturated heterocycles. The molecule has 1 aliphatic rings. The summed E-state index contributed by atoms with van der Waals surface area (Å²) in [6.07, 6.45) is 0. The average Bonchev–Trinajstić information content (AvgIpc) is 2.57. The van der Waals surface area contributed by atoms with Gasteiger partial charge < -0.3 is 10.2 Å². The Labute approximate surface area is 147 Å². The van der Waals surface area contributed by atoms with Gasteiger partial charge in [-0.1, -0.05) is 18.2 Å². The molecule has 1 aromatic carbocycles. The number of urea groups is 1. The molecule has 8 nitrogen and oxygen atoms in total. The first-order valence-electron chi connectivity index (χ1n) is 8.25. The molecule has 0 aromatic heterocycles. The Balaban J connectivity index is 1.68. The standard InChI is InChI=1S/C17H25N5O3/c1-20(2)16(24)13-22-10-8-21(9-11-22)12-15(23)19-17(25)18-14-6-4-3-5-7-14/h3-7H,8-13H2,1-2H3,(H2,18,19,23,25). The smallest absolute Gasteiger partial charge is 0.325 e. The predicted molar refractivity (Wildman–Crippen MR) is 95.2 cm³/mol. The minimum absolute atomic E-state index is 0.0729. The number of benzene rings is 1. The van der Waals surface area contributed by atoms with Crippen LogP contribution in [0.2, 0.25) is 0 Å². The second-order valence-electron chi connectivity index (χ2n) is 6.21. The number of rotatable bonds is 5. The molecule has 0 atom stereocenters. The molecule has 2 N–H and O–H groups in total. The molecule has 0 saturated carbocycles. The van der Waals surface area contributed by atoms with Crippen molar-refractivity contribution in [2.45, 2.75) is 0 Å². The summed E-state index contributed by atoms with van der Waals surface area (Å²) in [7, 11) is 3.48. The van der Waals surface area contributed by atoms with E-state index in [4.69, 9.17) is 0 Å². The van der Waals surface area contributed by atoms with Crippen molar-refractivity contribution in [3.63, 3.8) is 0 Å². The number of piperazine rings is 1. The number of anilines is 1. The van der Waals surface area contributed by atoms with Crippen molar-refractivity contribution in [3.05, 3.63) is 30.3 Å². The normalized spacial score (nSPS) is 15.4. The van der Waals surface area contributed by atoms with Crippen LogP contribution in [-0.2, 0) is 9.59 Å². The number of hydrogen-bond acceptors (Lipinski definition) is 5. The van der Waals surface area contributed by atoms with E-state index in [0.29, 0.717) is 25.3 Å². The molecule has 1 heterocycles. The van der Waals surface area contributed by atoms with Crippen LogP contribution in [0.5, 0.6) is 0 Å². The fourth-order valence-corrected chi connectivity index (χ4v) is 2.49. The molecule has 2 rings (SSSR count). The number of carbonyl (C=O) groups is 3. The topological polar surface area (TPSA) is 85.0 Å². The van der Waals surface area contributed by atoms with Gasteiger partial charge in [-0.2, -0.15) is 0 Å². The van der Waals surface area contributed by atoms with Gasteiger partial charge in [-0.15, -0.1) is 0 Å². The Morgan fingerprint density at radius 3 is 2.08 bits per heavy atom. The number of nitrogens with one attached hydrogen (secondary N) is 2. The van der Waals surface area contributed by atoms with Gasteiger partial charge in [0, 0.05) is 46.0 Å². The third-order valence-electron chi connectivity index (χ3n) is 3.97. The molecular formula is C17H25N5O3. The van der Waals surface area contributed by atoms with E-state index in [-0.39, 0.29) is 18.4 Å². The molecule has 1 aromatic rings. The van der Waals surface area contributed by atoms with E-state index in [1.54, 1.807) is 43.3 Å². The fraction of sp³-hybridized carbons (Fsp3) is 0.471. The molecule has 25 heavy (non-hydrogen) atoms. The highest BCUT2D eigenvalue weighted by Crippen LogP contribution is 2.04. The molecule has 0 spiro atoms. The summed E-state index contributed by atoms with van der Waals surface area (Å²) >= 11 is 0. The van der Waals surface area contributed by atoms with Crippen molar-refractivity contribution in [1.29, 1.82) is 0 Å². The first-order chi connectivity index (χ1) is 11.9. The van der Waals surface area contributed by atoms with Crippen molar-refractivity contribution in [3.8, 4) is 0 Å². The van der Waals surface area contributed by atoms with E-state index in [9.17, 15) is 14.4 Å². The van der Waals surface area contributed by atoms with E-state index in [2.05, 4.69) is 15.5 Å². The summed E-state index contributed by atoms with van der Waals surface area (Å²) < 4.78 is 0. The Kier molecular flexibility index (Phi) is 6.91. The zero-order valence-electron chi connectivity index (χ0n) is 14.7. The summed E-state index contributed by atoms with van der Waals surface area (Å²) in [5, 5.41) is 4.94. The van der Waals surface area contributed by atoms with Crippen LogP contribution in [0.15, 0.2) is 30.3 Å². The van der Waals surface area contributed by atoms with Crippen LogP contribution in [-0.4, -0.2) is 85.9 Å². The molecule has 1 aliphatic heterocycles. The van der Waals surface area contributed by atoms with Crippen molar-refractivity contribution in [2.24, 2.45) is 0 Å². The number of para-hydroxylation sites is 1. The minimum Gasteiger partial charge on any atom is -0.348 e. The number of nitrogens with zero attached hydrogens (tertiary/aromatic N) is 3. The predicted octanol–water partition coefficient (Wildman–Crippen LogP) is 0.0405. The second-order valence-corrected chi connectivity index (χ2v) is 6.21. The van der Waals surface area contributed by atoms with Crippen molar-refractivity contribution in [2.75, 3.05) is 58.7 Å². The van der Waals surface area contributed by atoms with E-state index in [1.807, 2.05) is 11.0 Å². The quantitative estimate of drug-likeness (QED) is 0.786. The molecular weight excluding hydrogens is 322 g/mol. The van der Waals surface area contributed by atoms with Gasteiger partial charge in [-0.3, -0.25) is 24.7 Å². The maximum Gasteiger partial charge on any atom is 0.325 e. The average molecular weight is 347 g/mol. The van der Waals surface area contributed by atoms with Gasteiger partial charge in [-0.25, -0.2) is 4.79 Å². The molecule has 1 fully saturated rings. The summed E-state index contributed by atoms with van der Waals surface area (Å²) in [5.41, 5.74) is 0.631. The highest BCUT2D eigenvalue weighted by Gasteiger charge is 2.21. The van der Waals surface area contributed by atoms with Gasteiger partial charge in [0.2, 0.25) is 11.8 Å². The summed E-state index contributed by atoms with van der Waals surface area (Å²) in [6.45, 7) is 3.39. The van der Waals surface area contributed by atoms with E-state index >= 15 is 0 Å². The fourth-order valence-electron chi connectivity index (χ4n) is 2.49. The zero-order valence-corrected chi connectivity index (χ0v) is 14.7. The molecule has 0 radical (unpaired) electrons. The molecule has 136 valence electrons. The highest BCUT2D eigenvalue weighted by molar-refractivity contribution is 6.01. The highest BCUT2D eigenvalue weighted by atomic mass is 16.2. The molecule has 4 amide bonds. The monoisotopic (exact) mass is 347 g/mol. The first kappa shape index (κ1) is 18.9. The SMILES string of the molecule is CN(C)C(=O)CN1CCN(CC(=O)NC(=O)Nc2ccccc2)CC1. The summed E-state index contributed by atoms with van der Waals surface area (Å²) in [5.74, 6) is -0.268. The first-order valence-corrected chi connectivity index (χ1v) is 8.25. The Bertz CT molecular complexity index is 598. The second kappa shape index (κ2) is 9.14. The van der Waals surface area contributed by atoms with Crippen molar-refractivity contribution >= 4 is 23.5 Å². The summed E-state index contributed by atoms with van der Waals surface area (Å²) in [6, 6.07) is 8.42. The van der Waals surface area contributed by atoms with Crippen LogP contribution in [0, 0.1) is 0 Å². The number of imide groups is 1. The number of carbonyl (C=O) groups excluding carboxylic acids is 3. The third kappa shape index (κ3) is 6.52. The Morgan fingerprint density at radius 1 is 0.960 bits per heavy atom. The van der Waals surface area contributed by atoms with Gasteiger partial charge >= 0.3 is 6.03 Å². The van der Waals surface area contributed by atoms with Gasteiger partial charge in [0.05, 0.1) is 13.1 Å². The van der Waals surface area contributed by atoms with Crippen LogP contribution >= 0.6 is 0 Å². The van der Waals surface area contributed by atoms with Crippen LogP contribution in [0.1, 0.15) is 0 Å². The summed E-state index contributed by atoms with van der Waals surface area (Å²) in [4.78, 5) is 41.1. The van der Waals surface area contributed by atoms with Gasteiger partial charge in [0.1, 0.15) is 0 Å². The van der Waals surface area contributed by atoms with E-state index in [0.717, 1.165) is 13.1 Å². The molecule has 0 aliphatic carbocycles.